The number of imidazole rings is 1. The van der Waals surface area contributed by atoms with Gasteiger partial charge < -0.3 is 10.3 Å². The second-order valence-electron chi connectivity index (χ2n) is 3.88. The first-order valence-corrected chi connectivity index (χ1v) is 7.07. The molecule has 0 saturated heterocycles. The van der Waals surface area contributed by atoms with Crippen molar-refractivity contribution in [2.24, 2.45) is 5.73 Å². The first-order chi connectivity index (χ1) is 7.93. The molecule has 0 unspecified atom stereocenters. The van der Waals surface area contributed by atoms with E-state index in [0.717, 1.165) is 0 Å². The monoisotopic (exact) mass is 260 g/mol. The Bertz CT molecular complexity index is 467. The predicted molar refractivity (Wildman–Crippen MR) is 66.1 cm³/mol. The van der Waals surface area contributed by atoms with Crippen LogP contribution in [0.3, 0.4) is 0 Å². The van der Waals surface area contributed by atoms with E-state index in [0.29, 0.717) is 31.9 Å². The van der Waals surface area contributed by atoms with E-state index in [1.54, 1.807) is 20.2 Å². The van der Waals surface area contributed by atoms with Gasteiger partial charge in [-0.1, -0.05) is 0 Å². The predicted octanol–water partition coefficient (Wildman–Crippen LogP) is 0.181. The molecule has 0 amide bonds. The van der Waals surface area contributed by atoms with Crippen LogP contribution >= 0.6 is 0 Å². The number of nitrogens with two attached hydrogens (primary N) is 1. The Kier molecular flexibility index (Phi) is 4.67. The van der Waals surface area contributed by atoms with Crippen LogP contribution in [0, 0.1) is 6.92 Å². The first-order valence-electron chi connectivity index (χ1n) is 5.63. The fraction of sp³-hybridized carbons (Fsp3) is 0.700. The number of hydrogen-bond donors (Lipinski definition) is 1. The molecule has 0 aliphatic rings. The summed E-state index contributed by atoms with van der Waals surface area (Å²) in [6.07, 6.45) is 2.22. The molecule has 0 aliphatic heterocycles. The molecule has 0 fully saturated rings. The Morgan fingerprint density at radius 1 is 1.53 bits per heavy atom. The van der Waals surface area contributed by atoms with Crippen LogP contribution in [-0.2, 0) is 16.6 Å². The summed E-state index contributed by atoms with van der Waals surface area (Å²) in [5.74, 6) is 0.707. The highest BCUT2D eigenvalue weighted by atomic mass is 32.2. The minimum absolute atomic E-state index is 0.108. The molecule has 0 aromatic carbocycles. The quantitative estimate of drug-likeness (QED) is 0.791. The lowest BCUT2D eigenvalue weighted by atomic mass is 10.4. The van der Waals surface area contributed by atoms with Crippen LogP contribution in [0.25, 0.3) is 0 Å². The lowest BCUT2D eigenvalue weighted by Gasteiger charge is -2.14. The van der Waals surface area contributed by atoms with Gasteiger partial charge in [0.2, 0.25) is 0 Å². The van der Waals surface area contributed by atoms with Crippen molar-refractivity contribution in [3.05, 3.63) is 12.0 Å². The molecule has 1 heterocycles. The van der Waals surface area contributed by atoms with Crippen molar-refractivity contribution in [1.82, 2.24) is 13.9 Å². The second kappa shape index (κ2) is 5.61. The van der Waals surface area contributed by atoms with E-state index in [4.69, 9.17) is 5.73 Å². The van der Waals surface area contributed by atoms with E-state index in [1.165, 1.54) is 4.31 Å². The number of aromatic nitrogens is 2. The number of rotatable bonds is 6. The Morgan fingerprint density at radius 2 is 2.18 bits per heavy atom. The molecular weight excluding hydrogens is 240 g/mol. The molecule has 7 heteroatoms. The normalized spacial score (nSPS) is 12.3. The van der Waals surface area contributed by atoms with E-state index in [-0.39, 0.29) is 5.03 Å². The molecular formula is C10H20N4O2S. The number of hydrogen-bond acceptors (Lipinski definition) is 4. The third kappa shape index (κ3) is 3.05. The summed E-state index contributed by atoms with van der Waals surface area (Å²) in [4.78, 5) is 4.08. The maximum absolute atomic E-state index is 12.1. The van der Waals surface area contributed by atoms with Gasteiger partial charge in [-0.15, -0.1) is 0 Å². The van der Waals surface area contributed by atoms with E-state index < -0.39 is 10.0 Å². The SMILES string of the molecule is CCn1cc(S(=O)(=O)N(C)CCCN)nc1C. The highest BCUT2D eigenvalue weighted by molar-refractivity contribution is 7.89. The van der Waals surface area contributed by atoms with Crippen molar-refractivity contribution in [2.45, 2.75) is 31.8 Å². The van der Waals surface area contributed by atoms with Crippen molar-refractivity contribution in [3.63, 3.8) is 0 Å². The smallest absolute Gasteiger partial charge is 0.261 e. The largest absolute Gasteiger partial charge is 0.334 e. The van der Waals surface area contributed by atoms with Crippen LogP contribution < -0.4 is 5.73 Å². The van der Waals surface area contributed by atoms with Crippen molar-refractivity contribution >= 4 is 10.0 Å². The molecule has 0 saturated carbocycles. The Balaban J connectivity index is 2.96. The van der Waals surface area contributed by atoms with Gasteiger partial charge in [0.15, 0.2) is 5.03 Å². The van der Waals surface area contributed by atoms with Crippen molar-refractivity contribution < 1.29 is 8.42 Å². The van der Waals surface area contributed by atoms with Gasteiger partial charge in [-0.25, -0.2) is 13.4 Å². The molecule has 1 aromatic heterocycles. The maximum Gasteiger partial charge on any atom is 0.261 e. The van der Waals surface area contributed by atoms with Crippen LogP contribution in [0.15, 0.2) is 11.2 Å². The molecule has 98 valence electrons. The van der Waals surface area contributed by atoms with E-state index in [2.05, 4.69) is 4.98 Å². The van der Waals surface area contributed by atoms with Gasteiger partial charge in [0.05, 0.1) is 0 Å². The molecule has 0 radical (unpaired) electrons. The standard InChI is InChI=1S/C10H20N4O2S/c1-4-14-8-10(12-9(14)2)17(15,16)13(3)7-5-6-11/h8H,4-7,11H2,1-3H3. The third-order valence-corrected chi connectivity index (χ3v) is 4.37. The van der Waals surface area contributed by atoms with Gasteiger partial charge in [-0.3, -0.25) is 0 Å². The van der Waals surface area contributed by atoms with Crippen molar-refractivity contribution in [1.29, 1.82) is 0 Å². The lowest BCUT2D eigenvalue weighted by molar-refractivity contribution is 0.461. The van der Waals surface area contributed by atoms with E-state index >= 15 is 0 Å². The summed E-state index contributed by atoms with van der Waals surface area (Å²) in [6, 6.07) is 0. The van der Waals surface area contributed by atoms with E-state index in [1.807, 2.05) is 11.5 Å². The second-order valence-corrected chi connectivity index (χ2v) is 5.87. The molecule has 0 bridgehead atoms. The van der Waals surface area contributed by atoms with Gasteiger partial charge in [0.1, 0.15) is 5.82 Å². The van der Waals surface area contributed by atoms with Gasteiger partial charge >= 0.3 is 0 Å². The van der Waals surface area contributed by atoms with Crippen LogP contribution in [0.1, 0.15) is 19.2 Å². The van der Waals surface area contributed by atoms with Gasteiger partial charge in [0.25, 0.3) is 10.0 Å². The minimum atomic E-state index is -3.48. The summed E-state index contributed by atoms with van der Waals surface area (Å²) in [5.41, 5.74) is 5.37. The molecule has 2 N–H and O–H groups in total. The summed E-state index contributed by atoms with van der Waals surface area (Å²) >= 11 is 0. The summed E-state index contributed by atoms with van der Waals surface area (Å²) in [7, 11) is -1.93. The summed E-state index contributed by atoms with van der Waals surface area (Å²) in [6.45, 7) is 5.34. The number of nitrogens with zero attached hydrogens (tertiary/aromatic N) is 3. The molecule has 1 rings (SSSR count). The fourth-order valence-electron chi connectivity index (χ4n) is 1.52. The highest BCUT2D eigenvalue weighted by Crippen LogP contribution is 2.13. The Hall–Kier alpha value is -0.920. The van der Waals surface area contributed by atoms with Crippen LogP contribution in [0.4, 0.5) is 0 Å². The van der Waals surface area contributed by atoms with Gasteiger partial charge in [-0.2, -0.15) is 4.31 Å². The first kappa shape index (κ1) is 14.1. The van der Waals surface area contributed by atoms with Gasteiger partial charge in [0, 0.05) is 26.3 Å². The molecule has 0 atom stereocenters. The molecule has 0 aliphatic carbocycles. The molecule has 1 aromatic rings. The van der Waals surface area contributed by atoms with Crippen LogP contribution in [0.2, 0.25) is 0 Å². The summed E-state index contributed by atoms with van der Waals surface area (Å²) in [5, 5.41) is 0.108. The number of sulfonamides is 1. The van der Waals surface area contributed by atoms with Crippen molar-refractivity contribution in [3.8, 4) is 0 Å². The van der Waals surface area contributed by atoms with Crippen LogP contribution in [0.5, 0.6) is 0 Å². The summed E-state index contributed by atoms with van der Waals surface area (Å²) < 4.78 is 27.4. The zero-order valence-electron chi connectivity index (χ0n) is 10.5. The Labute approximate surface area is 102 Å². The fourth-order valence-corrected chi connectivity index (χ4v) is 2.71. The molecule has 0 spiro atoms. The highest BCUT2D eigenvalue weighted by Gasteiger charge is 2.23. The third-order valence-electron chi connectivity index (χ3n) is 2.65. The molecule has 17 heavy (non-hydrogen) atoms. The number of aryl methyl sites for hydroxylation is 2. The molecule has 6 nitrogen and oxygen atoms in total. The Morgan fingerprint density at radius 3 is 2.65 bits per heavy atom. The van der Waals surface area contributed by atoms with E-state index in [9.17, 15) is 8.42 Å². The van der Waals surface area contributed by atoms with Crippen LogP contribution in [-0.4, -0.2) is 42.4 Å². The zero-order valence-corrected chi connectivity index (χ0v) is 11.4. The average molecular weight is 260 g/mol. The zero-order chi connectivity index (χ0) is 13.1. The minimum Gasteiger partial charge on any atom is -0.334 e. The lowest BCUT2D eigenvalue weighted by Crippen LogP contribution is -2.29. The maximum atomic E-state index is 12.1. The van der Waals surface area contributed by atoms with Gasteiger partial charge in [-0.05, 0) is 26.8 Å². The van der Waals surface area contributed by atoms with Crippen molar-refractivity contribution in [2.75, 3.05) is 20.1 Å². The average Bonchev–Trinajstić information content (AvgIpc) is 2.67. The topological polar surface area (TPSA) is 81.2 Å².